The summed E-state index contributed by atoms with van der Waals surface area (Å²) >= 11 is 1.48. The summed E-state index contributed by atoms with van der Waals surface area (Å²) < 4.78 is 0. The molecule has 0 bridgehead atoms. The van der Waals surface area contributed by atoms with E-state index in [-0.39, 0.29) is 0 Å². The zero-order valence-electron chi connectivity index (χ0n) is 12.2. The zero-order chi connectivity index (χ0) is 14.6. The van der Waals surface area contributed by atoms with Crippen molar-refractivity contribution in [3.8, 4) is 0 Å². The highest BCUT2D eigenvalue weighted by atomic mass is 32.2. The van der Waals surface area contributed by atoms with Crippen molar-refractivity contribution in [1.82, 2.24) is 0 Å². The van der Waals surface area contributed by atoms with E-state index in [4.69, 9.17) is 0 Å². The molecule has 3 nitrogen and oxygen atoms in total. The molecule has 0 atom stereocenters. The van der Waals surface area contributed by atoms with E-state index in [0.717, 1.165) is 17.1 Å². The van der Waals surface area contributed by atoms with Crippen LogP contribution in [-0.4, -0.2) is 23.9 Å². The number of thioether (sulfide) groups is 1. The number of aromatic carboxylic acids is 1. The first-order valence-electron chi connectivity index (χ1n) is 7.20. The Morgan fingerprint density at radius 3 is 2.65 bits per heavy atom. The van der Waals surface area contributed by atoms with Crippen LogP contribution in [0.3, 0.4) is 0 Å². The van der Waals surface area contributed by atoms with E-state index in [1.807, 2.05) is 24.5 Å². The van der Waals surface area contributed by atoms with Crippen LogP contribution in [-0.2, 0) is 0 Å². The Bertz CT molecular complexity index is 481. The van der Waals surface area contributed by atoms with Crippen LogP contribution in [0.4, 0.5) is 5.69 Å². The van der Waals surface area contributed by atoms with Gasteiger partial charge in [0, 0.05) is 17.1 Å². The Balaban J connectivity index is 2.14. The SMILES string of the molecule is CSc1cccc(NCC2(C)CCCCC2)c1C(=O)O. The monoisotopic (exact) mass is 293 g/mol. The smallest absolute Gasteiger partial charge is 0.338 e. The lowest BCUT2D eigenvalue weighted by molar-refractivity contribution is 0.0694. The van der Waals surface area contributed by atoms with E-state index in [1.54, 1.807) is 0 Å². The van der Waals surface area contributed by atoms with Crippen LogP contribution in [0.1, 0.15) is 49.4 Å². The third-order valence-electron chi connectivity index (χ3n) is 4.23. The topological polar surface area (TPSA) is 49.3 Å². The Labute approximate surface area is 125 Å². The van der Waals surface area contributed by atoms with Crippen molar-refractivity contribution in [2.75, 3.05) is 18.1 Å². The van der Waals surface area contributed by atoms with Crippen molar-refractivity contribution >= 4 is 23.4 Å². The minimum absolute atomic E-state index is 0.295. The Morgan fingerprint density at radius 2 is 2.05 bits per heavy atom. The van der Waals surface area contributed by atoms with Crippen molar-refractivity contribution in [1.29, 1.82) is 0 Å². The molecule has 1 saturated carbocycles. The van der Waals surface area contributed by atoms with E-state index in [9.17, 15) is 9.90 Å². The highest BCUT2D eigenvalue weighted by molar-refractivity contribution is 7.98. The van der Waals surface area contributed by atoms with Crippen LogP contribution in [0.5, 0.6) is 0 Å². The van der Waals surface area contributed by atoms with Crippen LogP contribution in [0, 0.1) is 5.41 Å². The summed E-state index contributed by atoms with van der Waals surface area (Å²) in [5.74, 6) is -0.855. The second-order valence-electron chi connectivity index (χ2n) is 5.91. The number of carboxylic acids is 1. The minimum atomic E-state index is -0.855. The van der Waals surface area contributed by atoms with Gasteiger partial charge < -0.3 is 10.4 Å². The van der Waals surface area contributed by atoms with Gasteiger partial charge in [-0.3, -0.25) is 0 Å². The van der Waals surface area contributed by atoms with E-state index < -0.39 is 5.97 Å². The largest absolute Gasteiger partial charge is 0.478 e. The number of rotatable bonds is 5. The van der Waals surface area contributed by atoms with Gasteiger partial charge in [0.05, 0.1) is 5.56 Å². The maximum absolute atomic E-state index is 11.5. The Hall–Kier alpha value is -1.16. The number of benzene rings is 1. The summed E-state index contributed by atoms with van der Waals surface area (Å²) in [6.45, 7) is 3.16. The number of carbonyl (C=O) groups is 1. The third kappa shape index (κ3) is 3.48. The molecule has 0 radical (unpaired) electrons. The molecule has 0 spiro atoms. The Morgan fingerprint density at radius 1 is 1.35 bits per heavy atom. The summed E-state index contributed by atoms with van der Waals surface area (Å²) in [5.41, 5.74) is 1.44. The second kappa shape index (κ2) is 6.53. The molecule has 0 heterocycles. The van der Waals surface area contributed by atoms with Crippen LogP contribution in [0.15, 0.2) is 23.1 Å². The molecule has 1 aromatic carbocycles. The lowest BCUT2D eigenvalue weighted by Gasteiger charge is -2.34. The zero-order valence-corrected chi connectivity index (χ0v) is 13.1. The van der Waals surface area contributed by atoms with Crippen molar-refractivity contribution in [3.05, 3.63) is 23.8 Å². The van der Waals surface area contributed by atoms with Crippen molar-refractivity contribution < 1.29 is 9.90 Å². The van der Waals surface area contributed by atoms with Crippen LogP contribution in [0.2, 0.25) is 0 Å². The lowest BCUT2D eigenvalue weighted by Crippen LogP contribution is -2.29. The molecule has 0 unspecified atom stereocenters. The van der Waals surface area contributed by atoms with Gasteiger partial charge in [-0.05, 0) is 36.6 Å². The molecule has 20 heavy (non-hydrogen) atoms. The summed E-state index contributed by atoms with van der Waals surface area (Å²) in [6.07, 6.45) is 8.27. The number of carboxylic acid groups (broad SMARTS) is 1. The molecule has 0 aromatic heterocycles. The molecule has 4 heteroatoms. The Kier molecular flexibility index (Phi) is 4.97. The summed E-state index contributed by atoms with van der Waals surface area (Å²) in [7, 11) is 0. The van der Waals surface area contributed by atoms with Crippen molar-refractivity contribution in [2.45, 2.75) is 43.9 Å². The molecule has 0 aliphatic heterocycles. The van der Waals surface area contributed by atoms with E-state index in [1.165, 1.54) is 43.9 Å². The molecule has 1 aromatic rings. The maximum Gasteiger partial charge on any atom is 0.338 e. The average Bonchev–Trinajstić information content (AvgIpc) is 2.45. The first-order chi connectivity index (χ1) is 9.56. The predicted molar refractivity (Wildman–Crippen MR) is 84.9 cm³/mol. The van der Waals surface area contributed by atoms with Crippen LogP contribution >= 0.6 is 11.8 Å². The van der Waals surface area contributed by atoms with Gasteiger partial charge in [-0.15, -0.1) is 11.8 Å². The lowest BCUT2D eigenvalue weighted by atomic mass is 9.75. The first kappa shape index (κ1) is 15.2. The number of nitrogens with one attached hydrogen (secondary N) is 1. The highest BCUT2D eigenvalue weighted by Gasteiger charge is 2.27. The van der Waals surface area contributed by atoms with Gasteiger partial charge in [0.25, 0.3) is 0 Å². The van der Waals surface area contributed by atoms with Gasteiger partial charge in [-0.25, -0.2) is 4.79 Å². The third-order valence-corrected chi connectivity index (χ3v) is 5.01. The fraction of sp³-hybridized carbons (Fsp3) is 0.562. The van der Waals surface area contributed by atoms with Crippen molar-refractivity contribution in [2.24, 2.45) is 5.41 Å². The summed E-state index contributed by atoms with van der Waals surface area (Å²) in [6, 6.07) is 5.65. The fourth-order valence-corrected chi connectivity index (χ4v) is 3.58. The van der Waals surface area contributed by atoms with E-state index in [2.05, 4.69) is 12.2 Å². The van der Waals surface area contributed by atoms with Crippen LogP contribution in [0.25, 0.3) is 0 Å². The van der Waals surface area contributed by atoms with Gasteiger partial charge in [-0.2, -0.15) is 0 Å². The average molecular weight is 293 g/mol. The molecule has 1 aliphatic carbocycles. The molecule has 2 N–H and O–H groups in total. The van der Waals surface area contributed by atoms with Crippen LogP contribution < -0.4 is 5.32 Å². The molecular weight excluding hydrogens is 270 g/mol. The van der Waals surface area contributed by atoms with Gasteiger partial charge in [0.2, 0.25) is 0 Å². The number of hydrogen-bond donors (Lipinski definition) is 2. The standard InChI is InChI=1S/C16H23NO2S/c1-16(9-4-3-5-10-16)11-17-12-7-6-8-13(20-2)14(12)15(18)19/h6-8,17H,3-5,9-11H2,1-2H3,(H,18,19). The molecular formula is C16H23NO2S. The van der Waals surface area contributed by atoms with Gasteiger partial charge in [0.15, 0.2) is 0 Å². The van der Waals surface area contributed by atoms with Gasteiger partial charge in [-0.1, -0.05) is 32.3 Å². The normalized spacial score (nSPS) is 17.7. The predicted octanol–water partition coefficient (Wildman–Crippen LogP) is 4.49. The summed E-state index contributed by atoms with van der Waals surface area (Å²) in [4.78, 5) is 12.3. The number of anilines is 1. The quantitative estimate of drug-likeness (QED) is 0.785. The minimum Gasteiger partial charge on any atom is -0.478 e. The van der Waals surface area contributed by atoms with E-state index in [0.29, 0.717) is 11.0 Å². The molecule has 1 fully saturated rings. The fourth-order valence-electron chi connectivity index (χ4n) is 2.96. The summed E-state index contributed by atoms with van der Waals surface area (Å²) in [5, 5.41) is 12.8. The first-order valence-corrected chi connectivity index (χ1v) is 8.42. The molecule has 0 amide bonds. The van der Waals surface area contributed by atoms with Gasteiger partial charge in [0.1, 0.15) is 0 Å². The molecule has 2 rings (SSSR count). The maximum atomic E-state index is 11.5. The van der Waals surface area contributed by atoms with Crippen molar-refractivity contribution in [3.63, 3.8) is 0 Å². The highest BCUT2D eigenvalue weighted by Crippen LogP contribution is 2.36. The molecule has 1 aliphatic rings. The molecule has 110 valence electrons. The number of hydrogen-bond acceptors (Lipinski definition) is 3. The van der Waals surface area contributed by atoms with E-state index >= 15 is 0 Å². The van der Waals surface area contributed by atoms with Gasteiger partial charge >= 0.3 is 5.97 Å². The molecule has 0 saturated heterocycles. The second-order valence-corrected chi connectivity index (χ2v) is 6.76.